The minimum absolute atomic E-state index is 0.781. The largest absolute Gasteiger partial charge is 0.407 e. The summed E-state index contributed by atoms with van der Waals surface area (Å²) in [6, 6.07) is 21.6. The lowest BCUT2D eigenvalue weighted by Crippen LogP contribution is -2.63. The molecule has 0 aromatic heterocycles. The SMILES string of the molecule is CCCCCCCCCCCO[Si](OCCCCCCCCCCC)(c1ccccc1)c1ccccc1. The van der Waals surface area contributed by atoms with E-state index >= 15 is 0 Å². The number of hydrogen-bond donors (Lipinski definition) is 0. The molecule has 0 amide bonds. The van der Waals surface area contributed by atoms with Crippen molar-refractivity contribution in [2.45, 2.75) is 129 Å². The van der Waals surface area contributed by atoms with E-state index in [9.17, 15) is 0 Å². The Balaban J connectivity index is 1.88. The maximum atomic E-state index is 6.86. The second-order valence-electron chi connectivity index (χ2n) is 10.7. The zero-order valence-corrected chi connectivity index (χ0v) is 25.2. The van der Waals surface area contributed by atoms with Crippen molar-refractivity contribution in [3.05, 3.63) is 60.7 Å². The highest BCUT2D eigenvalue weighted by molar-refractivity contribution is 6.92. The summed E-state index contributed by atoms with van der Waals surface area (Å²) in [5.74, 6) is 0. The molecule has 0 spiro atoms. The Morgan fingerprint density at radius 2 is 0.703 bits per heavy atom. The zero-order chi connectivity index (χ0) is 26.3. The normalized spacial score (nSPS) is 11.7. The van der Waals surface area contributed by atoms with Gasteiger partial charge >= 0.3 is 8.56 Å². The van der Waals surface area contributed by atoms with Crippen LogP contribution in [0.2, 0.25) is 0 Å². The molecule has 0 saturated heterocycles. The van der Waals surface area contributed by atoms with Crippen molar-refractivity contribution < 1.29 is 8.85 Å². The third-order valence-electron chi connectivity index (χ3n) is 7.41. The van der Waals surface area contributed by atoms with E-state index in [0.717, 1.165) is 26.1 Å². The summed E-state index contributed by atoms with van der Waals surface area (Å²) < 4.78 is 13.7. The van der Waals surface area contributed by atoms with E-state index in [4.69, 9.17) is 8.85 Å². The molecule has 208 valence electrons. The van der Waals surface area contributed by atoms with Gasteiger partial charge in [0, 0.05) is 13.2 Å². The molecule has 0 fully saturated rings. The average Bonchev–Trinajstić information content (AvgIpc) is 2.95. The molecule has 0 heterocycles. The van der Waals surface area contributed by atoms with Gasteiger partial charge in [-0.3, -0.25) is 0 Å². The second kappa shape index (κ2) is 21.5. The van der Waals surface area contributed by atoms with Crippen molar-refractivity contribution in [3.8, 4) is 0 Å². The molecule has 0 saturated carbocycles. The molecule has 2 aromatic rings. The minimum atomic E-state index is -2.73. The van der Waals surface area contributed by atoms with Crippen LogP contribution in [0.1, 0.15) is 129 Å². The first-order valence-corrected chi connectivity index (χ1v) is 17.5. The van der Waals surface area contributed by atoms with Crippen LogP contribution < -0.4 is 10.4 Å². The fourth-order valence-corrected chi connectivity index (χ4v) is 8.32. The molecule has 0 radical (unpaired) electrons. The fraction of sp³-hybridized carbons (Fsp3) is 0.647. The smallest absolute Gasteiger partial charge is 0.388 e. The molecule has 0 N–H and O–H groups in total. The van der Waals surface area contributed by atoms with E-state index in [1.54, 1.807) is 0 Å². The van der Waals surface area contributed by atoms with E-state index in [1.165, 1.54) is 113 Å². The molecule has 2 nitrogen and oxygen atoms in total. The van der Waals surface area contributed by atoms with Crippen molar-refractivity contribution in [1.29, 1.82) is 0 Å². The van der Waals surface area contributed by atoms with Crippen molar-refractivity contribution in [2.24, 2.45) is 0 Å². The summed E-state index contributed by atoms with van der Waals surface area (Å²) in [6.45, 7) is 6.13. The molecule has 2 aromatic carbocycles. The predicted molar refractivity (Wildman–Crippen MR) is 164 cm³/mol. The monoisotopic (exact) mass is 524 g/mol. The van der Waals surface area contributed by atoms with Gasteiger partial charge < -0.3 is 8.85 Å². The predicted octanol–water partition coefficient (Wildman–Crippen LogP) is 9.34. The maximum Gasteiger partial charge on any atom is 0.407 e. The van der Waals surface area contributed by atoms with Crippen LogP contribution in [0.25, 0.3) is 0 Å². The van der Waals surface area contributed by atoms with Crippen LogP contribution in [0.15, 0.2) is 60.7 Å². The molecule has 0 aliphatic carbocycles. The van der Waals surface area contributed by atoms with Crippen LogP contribution >= 0.6 is 0 Å². The van der Waals surface area contributed by atoms with Crippen LogP contribution in [-0.2, 0) is 8.85 Å². The molecule has 0 atom stereocenters. The van der Waals surface area contributed by atoms with Gasteiger partial charge in [0.25, 0.3) is 0 Å². The zero-order valence-electron chi connectivity index (χ0n) is 24.2. The van der Waals surface area contributed by atoms with Crippen LogP contribution in [0.3, 0.4) is 0 Å². The van der Waals surface area contributed by atoms with Gasteiger partial charge in [0.15, 0.2) is 0 Å². The average molecular weight is 525 g/mol. The topological polar surface area (TPSA) is 18.5 Å². The first-order chi connectivity index (χ1) is 18.3. The molecule has 0 aliphatic rings. The summed E-state index contributed by atoms with van der Waals surface area (Å²) in [6.07, 6.45) is 23.9. The summed E-state index contributed by atoms with van der Waals surface area (Å²) >= 11 is 0. The lowest BCUT2D eigenvalue weighted by Gasteiger charge is -2.31. The standard InChI is InChI=1S/C34H56O2Si/c1-3-5-7-9-11-13-15-17-25-31-35-37(33-27-21-19-22-28-33,34-29-23-20-24-30-34)36-32-26-18-16-14-12-10-8-6-4-2/h19-24,27-30H,3-18,25-26,31-32H2,1-2H3. The number of rotatable bonds is 24. The molecular weight excluding hydrogens is 468 g/mol. The van der Waals surface area contributed by atoms with E-state index in [1.807, 2.05) is 0 Å². The van der Waals surface area contributed by atoms with E-state index in [2.05, 4.69) is 74.5 Å². The quantitative estimate of drug-likeness (QED) is 0.101. The Bertz CT molecular complexity index is 683. The molecule has 0 unspecified atom stereocenters. The van der Waals surface area contributed by atoms with Crippen molar-refractivity contribution >= 4 is 18.9 Å². The molecular formula is C34H56O2Si. The van der Waals surface area contributed by atoms with Crippen LogP contribution in [0.5, 0.6) is 0 Å². The van der Waals surface area contributed by atoms with E-state index in [-0.39, 0.29) is 0 Å². The number of unbranched alkanes of at least 4 members (excludes halogenated alkanes) is 16. The fourth-order valence-electron chi connectivity index (χ4n) is 5.11. The van der Waals surface area contributed by atoms with Gasteiger partial charge in [-0.05, 0) is 23.2 Å². The van der Waals surface area contributed by atoms with E-state index in [0.29, 0.717) is 0 Å². The highest BCUT2D eigenvalue weighted by Crippen LogP contribution is 2.15. The number of hydrogen-bond acceptors (Lipinski definition) is 2. The van der Waals surface area contributed by atoms with Crippen LogP contribution in [0.4, 0.5) is 0 Å². The Kier molecular flexibility index (Phi) is 18.5. The lowest BCUT2D eigenvalue weighted by molar-refractivity contribution is 0.184. The first-order valence-electron chi connectivity index (χ1n) is 15.7. The Morgan fingerprint density at radius 3 is 1.03 bits per heavy atom. The van der Waals surface area contributed by atoms with Gasteiger partial charge in [0.2, 0.25) is 0 Å². The Morgan fingerprint density at radius 1 is 0.405 bits per heavy atom. The molecule has 2 rings (SSSR count). The summed E-state index contributed by atoms with van der Waals surface area (Å²) in [5.41, 5.74) is 0. The number of benzene rings is 2. The highest BCUT2D eigenvalue weighted by Gasteiger charge is 2.42. The summed E-state index contributed by atoms with van der Waals surface area (Å²) in [4.78, 5) is 0. The molecule has 37 heavy (non-hydrogen) atoms. The van der Waals surface area contributed by atoms with Gasteiger partial charge in [-0.15, -0.1) is 0 Å². The van der Waals surface area contributed by atoms with Crippen LogP contribution in [-0.4, -0.2) is 21.8 Å². The van der Waals surface area contributed by atoms with Gasteiger partial charge in [0.1, 0.15) is 0 Å². The molecule has 3 heteroatoms. The lowest BCUT2D eigenvalue weighted by atomic mass is 10.1. The van der Waals surface area contributed by atoms with Gasteiger partial charge in [-0.1, -0.05) is 177 Å². The van der Waals surface area contributed by atoms with Gasteiger partial charge in [0.05, 0.1) is 0 Å². The first kappa shape index (κ1) is 31.8. The molecule has 0 aliphatic heterocycles. The Labute approximate surface area is 230 Å². The maximum absolute atomic E-state index is 6.86. The van der Waals surface area contributed by atoms with Gasteiger partial charge in [-0.2, -0.15) is 0 Å². The minimum Gasteiger partial charge on any atom is -0.388 e. The summed E-state index contributed by atoms with van der Waals surface area (Å²) in [7, 11) is -2.73. The molecule has 0 bridgehead atoms. The Hall–Kier alpha value is -1.42. The summed E-state index contributed by atoms with van der Waals surface area (Å²) in [5, 5.41) is 2.46. The van der Waals surface area contributed by atoms with Crippen molar-refractivity contribution in [2.75, 3.05) is 13.2 Å². The third kappa shape index (κ3) is 13.3. The van der Waals surface area contributed by atoms with Crippen molar-refractivity contribution in [1.82, 2.24) is 0 Å². The van der Waals surface area contributed by atoms with E-state index < -0.39 is 8.56 Å². The van der Waals surface area contributed by atoms with Gasteiger partial charge in [-0.25, -0.2) is 0 Å². The second-order valence-corrected chi connectivity index (χ2v) is 13.7. The van der Waals surface area contributed by atoms with Crippen LogP contribution in [0, 0.1) is 0 Å². The third-order valence-corrected chi connectivity index (χ3v) is 10.8. The highest BCUT2D eigenvalue weighted by atomic mass is 28.4. The van der Waals surface area contributed by atoms with Crippen molar-refractivity contribution in [3.63, 3.8) is 0 Å².